The lowest BCUT2D eigenvalue weighted by Crippen LogP contribution is -2.27. The number of thiol groups is 1. The van der Waals surface area contributed by atoms with E-state index in [1.807, 2.05) is 12.1 Å². The molecule has 0 spiro atoms. The third kappa shape index (κ3) is 2.95. The molecule has 124 valence electrons. The molecule has 2 aromatic carbocycles. The van der Waals surface area contributed by atoms with Crippen molar-refractivity contribution in [2.45, 2.75) is 0 Å². The molecule has 0 radical (unpaired) electrons. The number of aromatic nitrogens is 1. The number of fused-ring (bicyclic) bond motifs is 1. The zero-order valence-corrected chi connectivity index (χ0v) is 13.9. The number of hydrogen-bond donors (Lipinski definition) is 2. The van der Waals surface area contributed by atoms with Gasteiger partial charge in [-0.3, -0.25) is 0 Å². The molecule has 0 aliphatic rings. The first-order valence-corrected chi connectivity index (χ1v) is 7.40. The van der Waals surface area contributed by atoms with Crippen LogP contribution in [0.5, 0.6) is 11.5 Å². The highest BCUT2D eigenvalue weighted by atomic mass is 32.1. The summed E-state index contributed by atoms with van der Waals surface area (Å²) < 4.78 is 16.6. The number of nitrogens with zero attached hydrogens (tertiary/aromatic N) is 2. The van der Waals surface area contributed by atoms with Crippen molar-refractivity contribution in [2.75, 3.05) is 23.8 Å². The Labute approximate surface area is 143 Å². The van der Waals surface area contributed by atoms with Gasteiger partial charge in [-0.25, -0.2) is 9.10 Å². The quantitative estimate of drug-likeness (QED) is 0.705. The van der Waals surface area contributed by atoms with Gasteiger partial charge >= 0.3 is 6.03 Å². The molecule has 2 amide bonds. The van der Waals surface area contributed by atoms with E-state index >= 15 is 0 Å². The molecule has 0 saturated carbocycles. The van der Waals surface area contributed by atoms with Gasteiger partial charge in [0.2, 0.25) is 0 Å². The molecular formula is C16H15N3O4S. The van der Waals surface area contributed by atoms with Gasteiger partial charge in [0.15, 0.2) is 22.9 Å². The van der Waals surface area contributed by atoms with Crippen LogP contribution in [0.3, 0.4) is 0 Å². The fourth-order valence-corrected chi connectivity index (χ4v) is 2.41. The zero-order chi connectivity index (χ0) is 17.1. The topological polar surface area (TPSA) is 76.8 Å². The highest BCUT2D eigenvalue weighted by molar-refractivity contribution is 7.82. The van der Waals surface area contributed by atoms with Crippen LogP contribution in [0.1, 0.15) is 0 Å². The summed E-state index contributed by atoms with van der Waals surface area (Å²) in [7, 11) is 3.07. The molecule has 0 fully saturated rings. The lowest BCUT2D eigenvalue weighted by atomic mass is 10.2. The molecule has 1 N–H and O–H groups in total. The first kappa shape index (κ1) is 16.0. The first-order valence-electron chi connectivity index (χ1n) is 7.00. The van der Waals surface area contributed by atoms with E-state index in [1.165, 1.54) is 7.11 Å². The highest BCUT2D eigenvalue weighted by Gasteiger charge is 2.19. The van der Waals surface area contributed by atoms with Gasteiger partial charge in [-0.1, -0.05) is 30.1 Å². The third-order valence-corrected chi connectivity index (χ3v) is 3.76. The number of nitrogens with one attached hydrogen (secondary N) is 1. The molecule has 1 heterocycles. The summed E-state index contributed by atoms with van der Waals surface area (Å²) in [5, 5.41) is 7.29. The van der Waals surface area contributed by atoms with Crippen molar-refractivity contribution >= 4 is 41.3 Å². The van der Waals surface area contributed by atoms with Crippen molar-refractivity contribution in [3.05, 3.63) is 42.5 Å². The Morgan fingerprint density at radius 2 is 1.92 bits per heavy atom. The number of urea groups is 1. The van der Waals surface area contributed by atoms with Gasteiger partial charge in [0.1, 0.15) is 0 Å². The number of amides is 2. The maximum atomic E-state index is 12.4. The Kier molecular flexibility index (Phi) is 4.48. The second kappa shape index (κ2) is 6.71. The van der Waals surface area contributed by atoms with Crippen LogP contribution in [0.15, 0.2) is 47.0 Å². The van der Waals surface area contributed by atoms with Gasteiger partial charge in [-0.15, -0.1) is 0 Å². The second-order valence-corrected chi connectivity index (χ2v) is 5.21. The summed E-state index contributed by atoms with van der Waals surface area (Å²) in [6, 6.07) is 11.8. The predicted molar refractivity (Wildman–Crippen MR) is 94.0 cm³/mol. The number of benzene rings is 2. The molecule has 8 heteroatoms. The highest BCUT2D eigenvalue weighted by Crippen LogP contribution is 2.31. The standard InChI is InChI=1S/C16H15N3O4S/c1-21-13-8-7-10(9-14(13)22-2)17-16(20)19(24)15-11-5-3-4-6-12(11)23-18-15/h3-9,24H,1-2H3,(H,17,20). The van der Waals surface area contributed by atoms with Gasteiger partial charge in [-0.05, 0) is 24.3 Å². The maximum Gasteiger partial charge on any atom is 0.337 e. The van der Waals surface area contributed by atoms with Gasteiger partial charge in [0, 0.05) is 11.8 Å². The number of ether oxygens (including phenoxy) is 2. The fourth-order valence-electron chi connectivity index (χ4n) is 2.21. The van der Waals surface area contributed by atoms with Crippen molar-refractivity contribution in [3.63, 3.8) is 0 Å². The summed E-state index contributed by atoms with van der Waals surface area (Å²) >= 11 is 4.22. The smallest absolute Gasteiger partial charge is 0.337 e. The number of methoxy groups -OCH3 is 2. The largest absolute Gasteiger partial charge is 0.493 e. The monoisotopic (exact) mass is 345 g/mol. The molecule has 0 saturated heterocycles. The van der Waals surface area contributed by atoms with E-state index in [-0.39, 0.29) is 0 Å². The van der Waals surface area contributed by atoms with Crippen LogP contribution in [0, 0.1) is 0 Å². The van der Waals surface area contributed by atoms with Gasteiger partial charge in [0.05, 0.1) is 19.6 Å². The minimum Gasteiger partial charge on any atom is -0.493 e. The molecule has 3 rings (SSSR count). The molecule has 1 aromatic heterocycles. The molecule has 0 bridgehead atoms. The number of para-hydroxylation sites is 1. The van der Waals surface area contributed by atoms with E-state index in [2.05, 4.69) is 23.3 Å². The van der Waals surface area contributed by atoms with E-state index < -0.39 is 6.03 Å². The Morgan fingerprint density at radius 3 is 2.67 bits per heavy atom. The average molecular weight is 345 g/mol. The van der Waals surface area contributed by atoms with Crippen LogP contribution in [0.2, 0.25) is 0 Å². The molecule has 0 aliphatic carbocycles. The first-order chi connectivity index (χ1) is 11.6. The van der Waals surface area contributed by atoms with Gasteiger partial charge in [0.25, 0.3) is 0 Å². The Bertz CT molecular complexity index is 881. The van der Waals surface area contributed by atoms with Crippen molar-refractivity contribution in [3.8, 4) is 11.5 Å². The third-order valence-electron chi connectivity index (χ3n) is 3.39. The Morgan fingerprint density at radius 1 is 1.17 bits per heavy atom. The molecule has 0 atom stereocenters. The predicted octanol–water partition coefficient (Wildman–Crippen LogP) is 3.73. The maximum absolute atomic E-state index is 12.4. The average Bonchev–Trinajstić information content (AvgIpc) is 3.04. The van der Waals surface area contributed by atoms with Crippen molar-refractivity contribution in [1.82, 2.24) is 5.16 Å². The van der Waals surface area contributed by atoms with Gasteiger partial charge in [-0.2, -0.15) is 0 Å². The van der Waals surface area contributed by atoms with Gasteiger partial charge < -0.3 is 19.3 Å². The molecule has 7 nitrogen and oxygen atoms in total. The lowest BCUT2D eigenvalue weighted by molar-refractivity contribution is 0.260. The Balaban J connectivity index is 1.82. The fraction of sp³-hybridized carbons (Fsp3) is 0.125. The zero-order valence-electron chi connectivity index (χ0n) is 13.0. The molecular weight excluding hydrogens is 330 g/mol. The molecule has 3 aromatic rings. The SMILES string of the molecule is COc1ccc(NC(=O)N(S)c2noc3ccccc23)cc1OC. The van der Waals surface area contributed by atoms with E-state index in [1.54, 1.807) is 37.4 Å². The van der Waals surface area contributed by atoms with Crippen molar-refractivity contribution in [2.24, 2.45) is 0 Å². The van der Waals surface area contributed by atoms with Crippen molar-refractivity contribution in [1.29, 1.82) is 0 Å². The van der Waals surface area contributed by atoms with E-state index in [9.17, 15) is 4.79 Å². The Hall–Kier alpha value is -2.87. The number of carbonyl (C=O) groups is 1. The summed E-state index contributed by atoms with van der Waals surface area (Å²) in [5.74, 6) is 1.39. The van der Waals surface area contributed by atoms with Crippen LogP contribution in [0.4, 0.5) is 16.3 Å². The minimum atomic E-state index is -0.482. The van der Waals surface area contributed by atoms with E-state index in [4.69, 9.17) is 14.0 Å². The number of carbonyl (C=O) groups excluding carboxylic acids is 1. The van der Waals surface area contributed by atoms with Crippen molar-refractivity contribution < 1.29 is 18.8 Å². The summed E-state index contributed by atoms with van der Waals surface area (Å²) in [5.41, 5.74) is 1.11. The molecule has 0 aliphatic heterocycles. The minimum absolute atomic E-state index is 0.312. The number of anilines is 2. The number of rotatable bonds is 4. The van der Waals surface area contributed by atoms with Crippen LogP contribution < -0.4 is 19.1 Å². The molecule has 0 unspecified atom stereocenters. The second-order valence-electron chi connectivity index (χ2n) is 4.81. The summed E-state index contributed by atoms with van der Waals surface area (Å²) in [6.45, 7) is 0. The van der Waals surface area contributed by atoms with Crippen LogP contribution in [0.25, 0.3) is 11.0 Å². The van der Waals surface area contributed by atoms with Crippen LogP contribution >= 0.6 is 12.8 Å². The lowest BCUT2D eigenvalue weighted by Gasteiger charge is -2.15. The molecule has 24 heavy (non-hydrogen) atoms. The van der Waals surface area contributed by atoms with E-state index in [0.717, 1.165) is 4.31 Å². The van der Waals surface area contributed by atoms with Crippen LogP contribution in [-0.4, -0.2) is 25.4 Å². The number of hydrogen-bond acceptors (Lipinski definition) is 6. The van der Waals surface area contributed by atoms with E-state index in [0.29, 0.717) is 34.0 Å². The van der Waals surface area contributed by atoms with Crippen LogP contribution in [-0.2, 0) is 0 Å². The normalized spacial score (nSPS) is 10.5. The summed E-state index contributed by atoms with van der Waals surface area (Å²) in [6.07, 6.45) is 0. The summed E-state index contributed by atoms with van der Waals surface area (Å²) in [4.78, 5) is 12.4.